The van der Waals surface area contributed by atoms with Crippen LogP contribution in [0.25, 0.3) is 0 Å². The minimum Gasteiger partial charge on any atom is -0.458 e. The van der Waals surface area contributed by atoms with Gasteiger partial charge in [-0.25, -0.2) is 4.79 Å². The summed E-state index contributed by atoms with van der Waals surface area (Å²) >= 11 is 0. The molecule has 0 unspecified atom stereocenters. The third-order valence-corrected chi connectivity index (χ3v) is 3.15. The van der Waals surface area contributed by atoms with Crippen molar-refractivity contribution >= 4 is 5.97 Å². The molecule has 0 atom stereocenters. The molecule has 132 valence electrons. The van der Waals surface area contributed by atoms with Gasteiger partial charge in [0.05, 0.1) is 13.2 Å². The van der Waals surface area contributed by atoms with E-state index in [0.29, 0.717) is 13.2 Å². The van der Waals surface area contributed by atoms with Crippen LogP contribution in [0.2, 0.25) is 0 Å². The number of unbranched alkanes of at least 4 members (excludes halogenated alkanes) is 7. The van der Waals surface area contributed by atoms with Crippen molar-refractivity contribution in [2.24, 2.45) is 0 Å². The molecule has 0 aliphatic heterocycles. The predicted octanol–water partition coefficient (Wildman–Crippen LogP) is 4.50. The van der Waals surface area contributed by atoms with Gasteiger partial charge < -0.3 is 14.2 Å². The topological polar surface area (TPSA) is 44.8 Å². The molecule has 4 heteroatoms. The van der Waals surface area contributed by atoms with Gasteiger partial charge >= 0.3 is 5.97 Å². The van der Waals surface area contributed by atoms with Crippen LogP contribution < -0.4 is 0 Å². The molecule has 0 amide bonds. The summed E-state index contributed by atoms with van der Waals surface area (Å²) in [5.41, 5.74) is -0.451. The van der Waals surface area contributed by atoms with E-state index < -0.39 is 5.60 Å². The second kappa shape index (κ2) is 14.0. The Morgan fingerprint density at radius 1 is 0.773 bits per heavy atom. The molecule has 0 heterocycles. The number of hydrogen-bond acceptors (Lipinski definition) is 4. The van der Waals surface area contributed by atoms with Crippen LogP contribution in [0, 0.1) is 0 Å². The Kier molecular flexibility index (Phi) is 13.6. The fraction of sp³-hybridized carbons (Fsp3) is 0.944. The minimum atomic E-state index is -0.451. The highest BCUT2D eigenvalue weighted by Crippen LogP contribution is 2.08. The molecule has 0 rings (SSSR count). The molecular weight excluding hydrogens is 280 g/mol. The van der Waals surface area contributed by atoms with Gasteiger partial charge in [-0.15, -0.1) is 0 Å². The molecule has 0 aromatic rings. The molecule has 0 aromatic heterocycles. The van der Waals surface area contributed by atoms with E-state index in [2.05, 4.69) is 6.92 Å². The van der Waals surface area contributed by atoms with Crippen molar-refractivity contribution in [3.63, 3.8) is 0 Å². The van der Waals surface area contributed by atoms with Crippen LogP contribution in [0.5, 0.6) is 0 Å². The molecule has 0 N–H and O–H groups in total. The maximum absolute atomic E-state index is 11.4. The molecule has 0 saturated heterocycles. The van der Waals surface area contributed by atoms with Crippen LogP contribution in [0.15, 0.2) is 0 Å². The van der Waals surface area contributed by atoms with Crippen LogP contribution in [0.4, 0.5) is 0 Å². The summed E-state index contributed by atoms with van der Waals surface area (Å²) in [4.78, 5) is 11.4. The van der Waals surface area contributed by atoms with E-state index in [0.717, 1.165) is 13.0 Å². The number of hydrogen-bond donors (Lipinski definition) is 0. The lowest BCUT2D eigenvalue weighted by atomic mass is 10.1. The zero-order valence-electron chi connectivity index (χ0n) is 15.1. The van der Waals surface area contributed by atoms with Gasteiger partial charge in [0.15, 0.2) is 0 Å². The fourth-order valence-corrected chi connectivity index (χ4v) is 2.08. The van der Waals surface area contributed by atoms with E-state index in [1.165, 1.54) is 44.9 Å². The van der Waals surface area contributed by atoms with Crippen molar-refractivity contribution in [1.82, 2.24) is 0 Å². The van der Waals surface area contributed by atoms with Gasteiger partial charge in [-0.3, -0.25) is 0 Å². The van der Waals surface area contributed by atoms with E-state index in [-0.39, 0.29) is 12.6 Å². The van der Waals surface area contributed by atoms with Crippen molar-refractivity contribution in [2.75, 3.05) is 26.4 Å². The average Bonchev–Trinajstić information content (AvgIpc) is 2.42. The molecule has 0 saturated carbocycles. The Labute approximate surface area is 136 Å². The normalized spacial score (nSPS) is 11.6. The number of carbonyl (C=O) groups excluding carboxylic acids is 1. The second-order valence-corrected chi connectivity index (χ2v) is 6.73. The van der Waals surface area contributed by atoms with Crippen molar-refractivity contribution in [2.45, 2.75) is 84.7 Å². The SMILES string of the molecule is CCCCCCCCCCOCCOCC(=O)OC(C)(C)C. The van der Waals surface area contributed by atoms with Crippen molar-refractivity contribution < 1.29 is 19.0 Å². The van der Waals surface area contributed by atoms with Gasteiger partial charge in [-0.1, -0.05) is 51.9 Å². The van der Waals surface area contributed by atoms with Gasteiger partial charge in [-0.2, -0.15) is 0 Å². The summed E-state index contributed by atoms with van der Waals surface area (Å²) in [5, 5.41) is 0. The van der Waals surface area contributed by atoms with E-state index in [4.69, 9.17) is 14.2 Å². The first-order chi connectivity index (χ1) is 10.5. The van der Waals surface area contributed by atoms with Gasteiger partial charge in [0, 0.05) is 6.61 Å². The van der Waals surface area contributed by atoms with E-state index in [9.17, 15) is 4.79 Å². The number of ether oxygens (including phenoxy) is 3. The summed E-state index contributed by atoms with van der Waals surface area (Å²) in [7, 11) is 0. The van der Waals surface area contributed by atoms with Crippen LogP contribution in [0.1, 0.15) is 79.1 Å². The van der Waals surface area contributed by atoms with E-state index >= 15 is 0 Å². The first-order valence-corrected chi connectivity index (χ1v) is 8.83. The third-order valence-electron chi connectivity index (χ3n) is 3.15. The van der Waals surface area contributed by atoms with Crippen LogP contribution in [-0.2, 0) is 19.0 Å². The van der Waals surface area contributed by atoms with Gasteiger partial charge in [-0.05, 0) is 27.2 Å². The highest BCUT2D eigenvalue weighted by Gasteiger charge is 2.15. The molecule has 0 aliphatic carbocycles. The maximum atomic E-state index is 11.4. The summed E-state index contributed by atoms with van der Waals surface area (Å²) in [6.45, 7) is 9.54. The fourth-order valence-electron chi connectivity index (χ4n) is 2.08. The van der Waals surface area contributed by atoms with Crippen LogP contribution in [0.3, 0.4) is 0 Å². The Hall–Kier alpha value is -0.610. The first kappa shape index (κ1) is 21.4. The molecule has 0 aliphatic rings. The Bertz CT molecular complexity index is 258. The Morgan fingerprint density at radius 2 is 1.32 bits per heavy atom. The molecule has 0 radical (unpaired) electrons. The molecule has 0 fully saturated rings. The highest BCUT2D eigenvalue weighted by atomic mass is 16.6. The molecule has 0 spiro atoms. The van der Waals surface area contributed by atoms with Crippen molar-refractivity contribution in [3.8, 4) is 0 Å². The highest BCUT2D eigenvalue weighted by molar-refractivity contribution is 5.71. The monoisotopic (exact) mass is 316 g/mol. The van der Waals surface area contributed by atoms with Gasteiger partial charge in [0.2, 0.25) is 0 Å². The minimum absolute atomic E-state index is 0.00160. The second-order valence-electron chi connectivity index (χ2n) is 6.73. The zero-order chi connectivity index (χ0) is 16.7. The molecular formula is C18H36O4. The van der Waals surface area contributed by atoms with E-state index in [1.54, 1.807) is 0 Å². The van der Waals surface area contributed by atoms with Crippen molar-refractivity contribution in [3.05, 3.63) is 0 Å². The molecule has 4 nitrogen and oxygen atoms in total. The predicted molar refractivity (Wildman–Crippen MR) is 90.1 cm³/mol. The summed E-state index contributed by atoms with van der Waals surface area (Å²) in [5.74, 6) is -0.324. The molecule has 22 heavy (non-hydrogen) atoms. The average molecular weight is 316 g/mol. The van der Waals surface area contributed by atoms with E-state index in [1.807, 2.05) is 20.8 Å². The third kappa shape index (κ3) is 17.4. The van der Waals surface area contributed by atoms with Crippen molar-refractivity contribution in [1.29, 1.82) is 0 Å². The van der Waals surface area contributed by atoms with Crippen LogP contribution in [-0.4, -0.2) is 38.0 Å². The lowest BCUT2D eigenvalue weighted by Crippen LogP contribution is -2.27. The number of esters is 1. The quantitative estimate of drug-likeness (QED) is 0.349. The van der Waals surface area contributed by atoms with Gasteiger partial charge in [0.1, 0.15) is 12.2 Å². The summed E-state index contributed by atoms with van der Waals surface area (Å²) in [6, 6.07) is 0. The summed E-state index contributed by atoms with van der Waals surface area (Å²) in [6.07, 6.45) is 10.4. The zero-order valence-corrected chi connectivity index (χ0v) is 15.1. The standard InChI is InChI=1S/C18H36O4/c1-5-6-7-8-9-10-11-12-13-20-14-15-21-16-17(19)22-18(2,3)4/h5-16H2,1-4H3. The molecule has 0 aromatic carbocycles. The Morgan fingerprint density at radius 3 is 1.91 bits per heavy atom. The lowest BCUT2D eigenvalue weighted by Gasteiger charge is -2.19. The smallest absolute Gasteiger partial charge is 0.332 e. The maximum Gasteiger partial charge on any atom is 0.332 e. The number of rotatable bonds is 14. The molecule has 0 bridgehead atoms. The van der Waals surface area contributed by atoms with Gasteiger partial charge in [0.25, 0.3) is 0 Å². The Balaban J connectivity index is 3.16. The largest absolute Gasteiger partial charge is 0.458 e. The number of carbonyl (C=O) groups is 1. The first-order valence-electron chi connectivity index (χ1n) is 8.83. The summed E-state index contributed by atoms with van der Waals surface area (Å²) < 4.78 is 15.8. The lowest BCUT2D eigenvalue weighted by molar-refractivity contribution is -0.160. The van der Waals surface area contributed by atoms with Crippen LogP contribution >= 0.6 is 0 Å².